The lowest BCUT2D eigenvalue weighted by molar-refractivity contribution is 0.251. The third-order valence-corrected chi connectivity index (χ3v) is 10.1. The van der Waals surface area contributed by atoms with Crippen molar-refractivity contribution in [2.75, 3.05) is 0 Å². The Kier molecular flexibility index (Phi) is 4.79. The van der Waals surface area contributed by atoms with Gasteiger partial charge in [-0.05, 0) is 15.6 Å². The molecule has 0 saturated heterocycles. The fourth-order valence-corrected chi connectivity index (χ4v) is 9.71. The highest BCUT2D eigenvalue weighted by atomic mass is 28.5. The van der Waals surface area contributed by atoms with E-state index in [-0.39, 0.29) is 0 Å². The van der Waals surface area contributed by atoms with Gasteiger partial charge in [0, 0.05) is 6.55 Å². The summed E-state index contributed by atoms with van der Waals surface area (Å²) in [6, 6.07) is 29.6. The standard InChI is InChI=1S/C19H20O3Si2/c1-23(20,21)22-24(17-11-5-2-6-12-17,18-13-7-3-8-14-18)19-15-9-4-10-16-19/h2-16,20-21H,1H3. The summed E-state index contributed by atoms with van der Waals surface area (Å²) in [4.78, 5) is 20.5. The van der Waals surface area contributed by atoms with Crippen LogP contribution in [0.5, 0.6) is 0 Å². The molecule has 0 aromatic heterocycles. The predicted octanol–water partition coefficient (Wildman–Crippen LogP) is 1.22. The van der Waals surface area contributed by atoms with Gasteiger partial charge in [0.05, 0.1) is 0 Å². The number of benzene rings is 3. The molecule has 3 rings (SSSR count). The molecule has 3 aromatic rings. The van der Waals surface area contributed by atoms with E-state index in [9.17, 15) is 9.59 Å². The lowest BCUT2D eigenvalue weighted by Gasteiger charge is -2.36. The molecule has 3 nitrogen and oxygen atoms in total. The summed E-state index contributed by atoms with van der Waals surface area (Å²) in [5.74, 6) is 0. The van der Waals surface area contributed by atoms with Crippen LogP contribution in [0.4, 0.5) is 0 Å². The zero-order chi connectivity index (χ0) is 17.0. The molecule has 0 unspecified atom stereocenters. The average Bonchev–Trinajstić information content (AvgIpc) is 2.61. The van der Waals surface area contributed by atoms with Gasteiger partial charge in [0.2, 0.25) is 0 Å². The second-order valence-electron chi connectivity index (χ2n) is 5.82. The molecule has 24 heavy (non-hydrogen) atoms. The Hall–Kier alpha value is -2.03. The Morgan fingerprint density at radius 2 is 0.875 bits per heavy atom. The van der Waals surface area contributed by atoms with Gasteiger partial charge < -0.3 is 13.7 Å². The zero-order valence-corrected chi connectivity index (χ0v) is 15.5. The van der Waals surface area contributed by atoms with E-state index < -0.39 is 17.1 Å². The highest BCUT2D eigenvalue weighted by Crippen LogP contribution is 2.13. The van der Waals surface area contributed by atoms with Gasteiger partial charge in [0.15, 0.2) is 0 Å². The SMILES string of the molecule is C[Si](O)(O)O[Si](c1ccccc1)(c1ccccc1)c1ccccc1. The molecule has 0 atom stereocenters. The molecule has 0 radical (unpaired) electrons. The number of hydrogen-bond acceptors (Lipinski definition) is 3. The number of hydrogen-bond donors (Lipinski definition) is 2. The van der Waals surface area contributed by atoms with Crippen LogP contribution in [0.3, 0.4) is 0 Å². The predicted molar refractivity (Wildman–Crippen MR) is 101 cm³/mol. The van der Waals surface area contributed by atoms with Gasteiger partial charge >= 0.3 is 8.80 Å². The van der Waals surface area contributed by atoms with Crippen LogP contribution < -0.4 is 15.6 Å². The Labute approximate surface area is 144 Å². The lowest BCUT2D eigenvalue weighted by atomic mass is 10.3. The second kappa shape index (κ2) is 6.84. The number of rotatable bonds is 5. The lowest BCUT2D eigenvalue weighted by Crippen LogP contribution is -2.73. The quantitative estimate of drug-likeness (QED) is 0.536. The van der Waals surface area contributed by atoms with Gasteiger partial charge in [-0.2, -0.15) is 0 Å². The van der Waals surface area contributed by atoms with E-state index in [1.807, 2.05) is 91.0 Å². The third-order valence-electron chi connectivity index (χ3n) is 3.89. The van der Waals surface area contributed by atoms with E-state index in [2.05, 4.69) is 0 Å². The van der Waals surface area contributed by atoms with E-state index in [0.29, 0.717) is 0 Å². The first-order valence-corrected chi connectivity index (χ1v) is 12.0. The van der Waals surface area contributed by atoms with Crippen molar-refractivity contribution in [2.24, 2.45) is 0 Å². The van der Waals surface area contributed by atoms with E-state index in [4.69, 9.17) is 4.12 Å². The van der Waals surface area contributed by atoms with Crippen molar-refractivity contribution in [1.29, 1.82) is 0 Å². The van der Waals surface area contributed by atoms with E-state index in [1.165, 1.54) is 6.55 Å². The molecular weight excluding hydrogens is 332 g/mol. The normalized spacial score (nSPS) is 12.1. The molecule has 0 spiro atoms. The smallest absolute Gasteiger partial charge is 0.404 e. The Bertz CT molecular complexity index is 675. The first-order chi connectivity index (χ1) is 11.5. The first kappa shape index (κ1) is 16.8. The Balaban J connectivity index is 2.33. The molecular formula is C19H20O3Si2. The molecule has 0 aliphatic heterocycles. The van der Waals surface area contributed by atoms with Crippen LogP contribution in [0.2, 0.25) is 6.55 Å². The van der Waals surface area contributed by atoms with Gasteiger partial charge in [0.25, 0.3) is 8.32 Å². The summed E-state index contributed by atoms with van der Waals surface area (Å²) >= 11 is 0. The third kappa shape index (κ3) is 3.40. The maximum atomic E-state index is 10.2. The van der Waals surface area contributed by atoms with Crippen molar-refractivity contribution in [3.8, 4) is 0 Å². The molecule has 0 amide bonds. The van der Waals surface area contributed by atoms with Crippen molar-refractivity contribution in [3.05, 3.63) is 91.0 Å². The molecule has 0 aliphatic carbocycles. The second-order valence-corrected chi connectivity index (χ2v) is 11.6. The summed E-state index contributed by atoms with van der Waals surface area (Å²) in [5, 5.41) is 2.97. The van der Waals surface area contributed by atoms with Crippen LogP contribution in [0.15, 0.2) is 91.0 Å². The first-order valence-electron chi connectivity index (χ1n) is 7.84. The Morgan fingerprint density at radius 1 is 0.583 bits per heavy atom. The Morgan fingerprint density at radius 3 is 1.12 bits per heavy atom. The van der Waals surface area contributed by atoms with Crippen LogP contribution >= 0.6 is 0 Å². The molecule has 0 aliphatic rings. The topological polar surface area (TPSA) is 49.7 Å². The van der Waals surface area contributed by atoms with Gasteiger partial charge in [-0.3, -0.25) is 0 Å². The van der Waals surface area contributed by atoms with Crippen molar-refractivity contribution in [2.45, 2.75) is 6.55 Å². The van der Waals surface area contributed by atoms with Crippen LogP contribution in [0, 0.1) is 0 Å². The molecule has 0 bridgehead atoms. The molecule has 5 heteroatoms. The van der Waals surface area contributed by atoms with Crippen LogP contribution in [-0.2, 0) is 4.12 Å². The van der Waals surface area contributed by atoms with Crippen molar-refractivity contribution < 1.29 is 13.7 Å². The van der Waals surface area contributed by atoms with Crippen LogP contribution in [0.1, 0.15) is 0 Å². The molecule has 2 N–H and O–H groups in total. The van der Waals surface area contributed by atoms with Gasteiger partial charge in [-0.25, -0.2) is 0 Å². The summed E-state index contributed by atoms with van der Waals surface area (Å²) in [5.41, 5.74) is 0. The largest absolute Gasteiger partial charge is 0.482 e. The van der Waals surface area contributed by atoms with E-state index >= 15 is 0 Å². The maximum absolute atomic E-state index is 10.2. The van der Waals surface area contributed by atoms with Gasteiger partial charge in [-0.1, -0.05) is 91.0 Å². The van der Waals surface area contributed by atoms with E-state index in [1.54, 1.807) is 0 Å². The van der Waals surface area contributed by atoms with Crippen LogP contribution in [0.25, 0.3) is 0 Å². The monoisotopic (exact) mass is 352 g/mol. The molecule has 122 valence electrons. The van der Waals surface area contributed by atoms with Crippen molar-refractivity contribution in [1.82, 2.24) is 0 Å². The highest BCUT2D eigenvalue weighted by Gasteiger charge is 2.47. The fraction of sp³-hybridized carbons (Fsp3) is 0.0526. The van der Waals surface area contributed by atoms with E-state index in [0.717, 1.165) is 15.6 Å². The molecule has 0 fully saturated rings. The van der Waals surface area contributed by atoms with Gasteiger partial charge in [0.1, 0.15) is 0 Å². The summed E-state index contributed by atoms with van der Waals surface area (Å²) in [6.45, 7) is 1.39. The fourth-order valence-electron chi connectivity index (χ4n) is 2.99. The summed E-state index contributed by atoms with van der Waals surface area (Å²) in [6.07, 6.45) is 0. The summed E-state index contributed by atoms with van der Waals surface area (Å²) < 4.78 is 6.17. The van der Waals surface area contributed by atoms with Crippen LogP contribution in [-0.4, -0.2) is 26.7 Å². The van der Waals surface area contributed by atoms with Crippen molar-refractivity contribution in [3.63, 3.8) is 0 Å². The average molecular weight is 353 g/mol. The molecule has 0 heterocycles. The van der Waals surface area contributed by atoms with Gasteiger partial charge in [-0.15, -0.1) is 0 Å². The molecule has 0 saturated carbocycles. The maximum Gasteiger partial charge on any atom is 0.482 e. The minimum atomic E-state index is -3.78. The highest BCUT2D eigenvalue weighted by molar-refractivity contribution is 7.09. The molecule has 3 aromatic carbocycles. The van der Waals surface area contributed by atoms with Crippen molar-refractivity contribution >= 4 is 32.7 Å². The minimum absolute atomic E-state index is 0.990. The minimum Gasteiger partial charge on any atom is -0.404 e. The summed E-state index contributed by atoms with van der Waals surface area (Å²) in [7, 11) is -6.78. The zero-order valence-electron chi connectivity index (χ0n) is 13.5.